The van der Waals surface area contributed by atoms with E-state index in [-0.39, 0.29) is 12.1 Å². The van der Waals surface area contributed by atoms with Crippen LogP contribution in [0.5, 0.6) is 5.75 Å². The standard InChI is InChI=1S/C18H12BrClN4O3/c1-23-17-15(16(19)22-23)18(26)24(9-21-17)8-14(25)27-13-7-6-12(20)10-4-2-3-5-11(10)13/h2-7,9H,8H2,1H3. The Hall–Kier alpha value is -2.71. The summed E-state index contributed by atoms with van der Waals surface area (Å²) in [7, 11) is 1.68. The second-order valence-electron chi connectivity index (χ2n) is 5.86. The van der Waals surface area contributed by atoms with Crippen LogP contribution in [0.2, 0.25) is 5.02 Å². The molecule has 0 amide bonds. The van der Waals surface area contributed by atoms with Crippen molar-refractivity contribution in [2.45, 2.75) is 6.54 Å². The normalized spacial score (nSPS) is 11.2. The van der Waals surface area contributed by atoms with E-state index in [0.717, 1.165) is 5.39 Å². The molecule has 0 radical (unpaired) electrons. The average Bonchev–Trinajstić information content (AvgIpc) is 2.94. The predicted molar refractivity (Wildman–Crippen MR) is 105 cm³/mol. The minimum absolute atomic E-state index is 0.278. The molecule has 2 aromatic carbocycles. The molecule has 0 spiro atoms. The number of hydrogen-bond acceptors (Lipinski definition) is 5. The molecule has 0 aliphatic carbocycles. The van der Waals surface area contributed by atoms with Crippen LogP contribution in [0.25, 0.3) is 21.8 Å². The van der Waals surface area contributed by atoms with Crippen LogP contribution in [-0.2, 0) is 18.4 Å². The van der Waals surface area contributed by atoms with Gasteiger partial charge in [-0.2, -0.15) is 5.10 Å². The van der Waals surface area contributed by atoms with Crippen molar-refractivity contribution in [2.24, 2.45) is 7.05 Å². The molecule has 0 saturated heterocycles. The third-order valence-electron chi connectivity index (χ3n) is 4.12. The molecular weight excluding hydrogens is 436 g/mol. The Morgan fingerprint density at radius 2 is 1.96 bits per heavy atom. The van der Waals surface area contributed by atoms with Gasteiger partial charge in [0.25, 0.3) is 5.56 Å². The fourth-order valence-electron chi connectivity index (χ4n) is 2.87. The monoisotopic (exact) mass is 446 g/mol. The molecule has 136 valence electrons. The van der Waals surface area contributed by atoms with Crippen molar-refractivity contribution >= 4 is 55.3 Å². The highest BCUT2D eigenvalue weighted by Gasteiger charge is 2.16. The molecule has 27 heavy (non-hydrogen) atoms. The molecule has 4 rings (SSSR count). The average molecular weight is 448 g/mol. The maximum atomic E-state index is 12.6. The molecule has 0 N–H and O–H groups in total. The van der Waals surface area contributed by atoms with Gasteiger partial charge < -0.3 is 4.74 Å². The first-order valence-corrected chi connectivity index (χ1v) is 9.08. The summed E-state index contributed by atoms with van der Waals surface area (Å²) in [4.78, 5) is 29.2. The lowest BCUT2D eigenvalue weighted by molar-refractivity contribution is -0.135. The van der Waals surface area contributed by atoms with Crippen molar-refractivity contribution in [1.29, 1.82) is 0 Å². The Morgan fingerprint density at radius 1 is 1.22 bits per heavy atom. The fourth-order valence-corrected chi connectivity index (χ4v) is 3.68. The minimum Gasteiger partial charge on any atom is -0.425 e. The SMILES string of the molecule is Cn1nc(Br)c2c(=O)n(CC(=O)Oc3ccc(Cl)c4ccccc34)cnc21. The van der Waals surface area contributed by atoms with Crippen LogP contribution in [0.1, 0.15) is 0 Å². The van der Waals surface area contributed by atoms with Gasteiger partial charge in [0, 0.05) is 22.8 Å². The van der Waals surface area contributed by atoms with Gasteiger partial charge in [0.15, 0.2) is 5.65 Å². The highest BCUT2D eigenvalue weighted by molar-refractivity contribution is 9.10. The molecule has 0 bridgehead atoms. The lowest BCUT2D eigenvalue weighted by Gasteiger charge is -2.10. The Morgan fingerprint density at radius 3 is 2.74 bits per heavy atom. The topological polar surface area (TPSA) is 79.0 Å². The van der Waals surface area contributed by atoms with E-state index in [1.54, 1.807) is 19.2 Å². The maximum absolute atomic E-state index is 12.6. The van der Waals surface area contributed by atoms with Crippen molar-refractivity contribution in [2.75, 3.05) is 0 Å². The zero-order chi connectivity index (χ0) is 19.1. The number of rotatable bonds is 3. The van der Waals surface area contributed by atoms with Crippen molar-refractivity contribution < 1.29 is 9.53 Å². The van der Waals surface area contributed by atoms with E-state index in [4.69, 9.17) is 16.3 Å². The van der Waals surface area contributed by atoms with Gasteiger partial charge in [-0.1, -0.05) is 35.9 Å². The molecule has 2 aromatic heterocycles. The number of fused-ring (bicyclic) bond motifs is 2. The third kappa shape index (κ3) is 3.11. The van der Waals surface area contributed by atoms with Crippen molar-refractivity contribution in [3.63, 3.8) is 0 Å². The predicted octanol–water partition coefficient (Wildman–Crippen LogP) is 3.30. The van der Waals surface area contributed by atoms with Gasteiger partial charge in [0.1, 0.15) is 28.6 Å². The molecule has 0 unspecified atom stereocenters. The minimum atomic E-state index is -0.592. The largest absolute Gasteiger partial charge is 0.425 e. The van der Waals surface area contributed by atoms with Gasteiger partial charge in [0.05, 0.1) is 0 Å². The first kappa shape index (κ1) is 17.7. The highest BCUT2D eigenvalue weighted by Crippen LogP contribution is 2.31. The number of esters is 1. The summed E-state index contributed by atoms with van der Waals surface area (Å²) in [6.45, 7) is -0.278. The first-order chi connectivity index (χ1) is 13.0. The number of benzene rings is 2. The number of hydrogen-bond donors (Lipinski definition) is 0. The van der Waals surface area contributed by atoms with Crippen molar-refractivity contribution in [3.05, 3.63) is 62.7 Å². The summed E-state index contributed by atoms with van der Waals surface area (Å²) < 4.78 is 8.53. The Kier molecular flexibility index (Phi) is 4.45. The van der Waals surface area contributed by atoms with Gasteiger partial charge in [-0.25, -0.2) is 14.5 Å². The van der Waals surface area contributed by atoms with Crippen molar-refractivity contribution in [1.82, 2.24) is 19.3 Å². The van der Waals surface area contributed by atoms with E-state index in [2.05, 4.69) is 26.0 Å². The van der Waals surface area contributed by atoms with Crippen LogP contribution in [-0.4, -0.2) is 25.3 Å². The second kappa shape index (κ2) is 6.79. The maximum Gasteiger partial charge on any atom is 0.331 e. The van der Waals surface area contributed by atoms with Gasteiger partial charge in [-0.15, -0.1) is 0 Å². The molecule has 7 nitrogen and oxygen atoms in total. The third-order valence-corrected chi connectivity index (χ3v) is 5.01. The molecule has 0 atom stereocenters. The van der Waals surface area contributed by atoms with Crippen LogP contribution in [0.4, 0.5) is 0 Å². The molecule has 0 aliphatic heterocycles. The van der Waals surface area contributed by atoms with Crippen LogP contribution >= 0.6 is 27.5 Å². The number of halogens is 2. The Bertz CT molecular complexity index is 1260. The lowest BCUT2D eigenvalue weighted by atomic mass is 10.1. The summed E-state index contributed by atoms with van der Waals surface area (Å²) >= 11 is 9.42. The van der Waals surface area contributed by atoms with Crippen LogP contribution < -0.4 is 10.3 Å². The van der Waals surface area contributed by atoms with E-state index in [9.17, 15) is 9.59 Å². The van der Waals surface area contributed by atoms with Gasteiger partial charge in [0.2, 0.25) is 0 Å². The molecule has 4 aromatic rings. The Labute approximate surface area is 166 Å². The van der Waals surface area contributed by atoms with Crippen LogP contribution in [0.15, 0.2) is 52.1 Å². The summed E-state index contributed by atoms with van der Waals surface area (Å²) in [5, 5.41) is 6.49. The fraction of sp³-hybridized carbons (Fsp3) is 0.111. The van der Waals surface area contributed by atoms with Crippen molar-refractivity contribution in [3.8, 4) is 5.75 Å². The van der Waals surface area contributed by atoms with Gasteiger partial charge in [-0.05, 0) is 28.1 Å². The summed E-state index contributed by atoms with van der Waals surface area (Å²) in [5.41, 5.74) is 0.0538. The molecule has 0 fully saturated rings. The number of carbonyl (C=O) groups is 1. The molecule has 9 heteroatoms. The van der Waals surface area contributed by atoms with E-state index in [0.29, 0.717) is 31.8 Å². The van der Waals surface area contributed by atoms with Gasteiger partial charge >= 0.3 is 5.97 Å². The molecule has 2 heterocycles. The van der Waals surface area contributed by atoms with E-state index < -0.39 is 5.97 Å². The quantitative estimate of drug-likeness (QED) is 0.356. The number of nitrogens with zero attached hydrogens (tertiary/aromatic N) is 4. The summed E-state index contributed by atoms with van der Waals surface area (Å²) in [5.74, 6) is -0.213. The zero-order valence-corrected chi connectivity index (χ0v) is 16.4. The van der Waals surface area contributed by atoms with Crippen LogP contribution in [0, 0.1) is 0 Å². The number of aromatic nitrogens is 4. The first-order valence-electron chi connectivity index (χ1n) is 7.91. The Balaban J connectivity index is 1.65. The summed E-state index contributed by atoms with van der Waals surface area (Å²) in [6.07, 6.45) is 1.31. The molecular formula is C18H12BrClN4O3. The van der Waals surface area contributed by atoms with E-state index >= 15 is 0 Å². The number of carbonyl (C=O) groups excluding carboxylic acids is 1. The molecule has 0 aliphatic rings. The van der Waals surface area contributed by atoms with E-state index in [1.807, 2.05) is 24.3 Å². The number of ether oxygens (including phenoxy) is 1. The number of aryl methyl sites for hydroxylation is 1. The van der Waals surface area contributed by atoms with E-state index in [1.165, 1.54) is 15.6 Å². The van der Waals surface area contributed by atoms with Crippen LogP contribution in [0.3, 0.4) is 0 Å². The molecule has 0 saturated carbocycles. The zero-order valence-electron chi connectivity index (χ0n) is 14.0. The highest BCUT2D eigenvalue weighted by atomic mass is 79.9. The lowest BCUT2D eigenvalue weighted by Crippen LogP contribution is -2.27. The summed E-state index contributed by atoms with van der Waals surface area (Å²) in [6, 6.07) is 10.6. The second-order valence-corrected chi connectivity index (χ2v) is 7.01. The van der Waals surface area contributed by atoms with Gasteiger partial charge in [-0.3, -0.25) is 9.36 Å². The smallest absolute Gasteiger partial charge is 0.331 e.